The number of sulfone groups is 1. The Morgan fingerprint density at radius 1 is 1.00 bits per heavy atom. The Hall–Kier alpha value is -3.77. The van der Waals surface area contributed by atoms with Gasteiger partial charge in [0.15, 0.2) is 9.84 Å². The van der Waals surface area contributed by atoms with Crippen LogP contribution in [-0.4, -0.2) is 47.7 Å². The quantitative estimate of drug-likeness (QED) is 0.654. The molecule has 0 atom stereocenters. The van der Waals surface area contributed by atoms with Crippen LogP contribution < -0.4 is 5.32 Å². The van der Waals surface area contributed by atoms with Crippen LogP contribution in [0.2, 0.25) is 0 Å². The fraction of sp³-hybridized carbons (Fsp3) is 0.217. The van der Waals surface area contributed by atoms with Crippen LogP contribution >= 0.6 is 0 Å². The lowest BCUT2D eigenvalue weighted by atomic mass is 10.1. The molecule has 2 heterocycles. The van der Waals surface area contributed by atoms with E-state index in [4.69, 9.17) is 5.26 Å². The number of urea groups is 1. The standard InChI is InChI=1S/C23H21N5O3S/c24-13-18-3-1-2-4-22(18)27-23(29)28-11-9-21(10-12-28)32(30,31)20-7-5-17(6-8-20)19-14-25-16-26-15-19/h1-8,14-16,21H,9-12H2,(H,27,29). The zero-order valence-electron chi connectivity index (χ0n) is 17.2. The molecule has 1 aromatic heterocycles. The van der Waals surface area contributed by atoms with E-state index in [0.29, 0.717) is 37.2 Å². The molecule has 162 valence electrons. The third-order valence-electron chi connectivity index (χ3n) is 5.53. The maximum Gasteiger partial charge on any atom is 0.321 e. The maximum atomic E-state index is 13.1. The molecule has 1 fully saturated rings. The Labute approximate surface area is 186 Å². The number of hydrogen-bond acceptors (Lipinski definition) is 6. The third-order valence-corrected chi connectivity index (χ3v) is 7.81. The van der Waals surface area contributed by atoms with Gasteiger partial charge in [0.25, 0.3) is 0 Å². The highest BCUT2D eigenvalue weighted by atomic mass is 32.2. The number of benzene rings is 2. The molecule has 0 saturated carbocycles. The fourth-order valence-corrected chi connectivity index (χ4v) is 5.46. The van der Waals surface area contributed by atoms with E-state index in [2.05, 4.69) is 15.3 Å². The second-order valence-corrected chi connectivity index (χ2v) is 9.70. The van der Waals surface area contributed by atoms with Crippen LogP contribution in [0.5, 0.6) is 0 Å². The molecule has 1 saturated heterocycles. The minimum absolute atomic E-state index is 0.268. The largest absolute Gasteiger partial charge is 0.324 e. The highest BCUT2D eigenvalue weighted by molar-refractivity contribution is 7.92. The second kappa shape index (κ2) is 9.16. The van der Waals surface area contributed by atoms with Gasteiger partial charge in [-0.3, -0.25) is 0 Å². The molecule has 32 heavy (non-hydrogen) atoms. The number of para-hydroxylation sites is 1. The minimum atomic E-state index is -3.51. The molecule has 2 aromatic carbocycles. The van der Waals surface area contributed by atoms with E-state index in [1.807, 2.05) is 6.07 Å². The normalized spacial score (nSPS) is 14.5. The minimum Gasteiger partial charge on any atom is -0.324 e. The number of carbonyl (C=O) groups is 1. The summed E-state index contributed by atoms with van der Waals surface area (Å²) < 4.78 is 26.2. The molecule has 2 amide bonds. The molecule has 0 unspecified atom stereocenters. The van der Waals surface area contributed by atoms with E-state index in [1.54, 1.807) is 65.8 Å². The Morgan fingerprint density at radius 2 is 1.66 bits per heavy atom. The Balaban J connectivity index is 1.40. The summed E-state index contributed by atoms with van der Waals surface area (Å²) in [4.78, 5) is 22.4. The number of anilines is 1. The number of likely N-dealkylation sites (tertiary alicyclic amines) is 1. The van der Waals surface area contributed by atoms with Gasteiger partial charge in [0, 0.05) is 31.0 Å². The van der Waals surface area contributed by atoms with Crippen LogP contribution in [0.25, 0.3) is 11.1 Å². The zero-order valence-corrected chi connectivity index (χ0v) is 18.0. The van der Waals surface area contributed by atoms with Gasteiger partial charge in [-0.2, -0.15) is 5.26 Å². The first-order valence-electron chi connectivity index (χ1n) is 10.1. The number of amides is 2. The topological polar surface area (TPSA) is 116 Å². The van der Waals surface area contributed by atoms with Crippen molar-refractivity contribution in [2.45, 2.75) is 23.0 Å². The van der Waals surface area contributed by atoms with E-state index in [-0.39, 0.29) is 10.9 Å². The van der Waals surface area contributed by atoms with Gasteiger partial charge in [0.2, 0.25) is 0 Å². The van der Waals surface area contributed by atoms with E-state index in [9.17, 15) is 13.2 Å². The average Bonchev–Trinajstić information content (AvgIpc) is 2.85. The molecule has 1 aliphatic rings. The second-order valence-electron chi connectivity index (χ2n) is 7.47. The maximum absolute atomic E-state index is 13.1. The van der Waals surface area contributed by atoms with E-state index in [1.165, 1.54) is 6.33 Å². The number of nitrogens with zero attached hydrogens (tertiary/aromatic N) is 4. The lowest BCUT2D eigenvalue weighted by Gasteiger charge is -2.31. The zero-order chi connectivity index (χ0) is 22.6. The summed E-state index contributed by atoms with van der Waals surface area (Å²) in [5.74, 6) is 0. The molecule has 1 aliphatic heterocycles. The van der Waals surface area contributed by atoms with Crippen LogP contribution in [0.3, 0.4) is 0 Å². The van der Waals surface area contributed by atoms with E-state index >= 15 is 0 Å². The Bertz CT molecular complexity index is 1250. The highest BCUT2D eigenvalue weighted by Crippen LogP contribution is 2.27. The number of piperidine rings is 1. The summed E-state index contributed by atoms with van der Waals surface area (Å²) in [6, 6.07) is 15.2. The summed E-state index contributed by atoms with van der Waals surface area (Å²) in [6.45, 7) is 0.647. The number of aromatic nitrogens is 2. The van der Waals surface area contributed by atoms with Gasteiger partial charge in [0.05, 0.1) is 21.4 Å². The van der Waals surface area contributed by atoms with Crippen molar-refractivity contribution in [1.82, 2.24) is 14.9 Å². The first kappa shape index (κ1) is 21.5. The van der Waals surface area contributed by atoms with Crippen molar-refractivity contribution in [3.05, 3.63) is 72.8 Å². The van der Waals surface area contributed by atoms with Gasteiger partial charge in [-0.15, -0.1) is 0 Å². The van der Waals surface area contributed by atoms with Gasteiger partial charge in [-0.25, -0.2) is 23.2 Å². The number of carbonyl (C=O) groups excluding carboxylic acids is 1. The monoisotopic (exact) mass is 447 g/mol. The molecule has 0 radical (unpaired) electrons. The Kier molecular flexibility index (Phi) is 6.14. The smallest absolute Gasteiger partial charge is 0.321 e. The molecule has 4 rings (SSSR count). The van der Waals surface area contributed by atoms with Crippen molar-refractivity contribution in [2.75, 3.05) is 18.4 Å². The van der Waals surface area contributed by atoms with Crippen LogP contribution in [0.1, 0.15) is 18.4 Å². The van der Waals surface area contributed by atoms with Crippen molar-refractivity contribution in [2.24, 2.45) is 0 Å². The SMILES string of the molecule is N#Cc1ccccc1NC(=O)N1CCC(S(=O)(=O)c2ccc(-c3cncnc3)cc2)CC1. The molecule has 0 spiro atoms. The molecule has 3 aromatic rings. The van der Waals surface area contributed by atoms with Gasteiger partial charge >= 0.3 is 6.03 Å². The first-order valence-corrected chi connectivity index (χ1v) is 11.7. The van der Waals surface area contributed by atoms with Crippen LogP contribution in [0.4, 0.5) is 10.5 Å². The summed E-state index contributed by atoms with van der Waals surface area (Å²) in [5, 5.41) is 11.4. The summed E-state index contributed by atoms with van der Waals surface area (Å²) in [6.07, 6.45) is 5.49. The van der Waals surface area contributed by atoms with Crippen LogP contribution in [-0.2, 0) is 9.84 Å². The molecule has 8 nitrogen and oxygen atoms in total. The van der Waals surface area contributed by atoms with Crippen molar-refractivity contribution in [3.8, 4) is 17.2 Å². The molecule has 1 N–H and O–H groups in total. The Morgan fingerprint density at radius 3 is 2.31 bits per heavy atom. The van der Waals surface area contributed by atoms with Crippen LogP contribution in [0.15, 0.2) is 72.1 Å². The lowest BCUT2D eigenvalue weighted by molar-refractivity contribution is 0.200. The van der Waals surface area contributed by atoms with Crippen molar-refractivity contribution in [1.29, 1.82) is 5.26 Å². The summed E-state index contributed by atoms with van der Waals surface area (Å²) in [5.41, 5.74) is 2.48. The molecular weight excluding hydrogens is 426 g/mol. The molecule has 9 heteroatoms. The van der Waals surface area contributed by atoms with Gasteiger partial charge in [0.1, 0.15) is 12.4 Å². The number of nitrogens with one attached hydrogen (secondary N) is 1. The molecule has 0 bridgehead atoms. The van der Waals surface area contributed by atoms with Crippen molar-refractivity contribution in [3.63, 3.8) is 0 Å². The first-order chi connectivity index (χ1) is 15.5. The summed E-state index contributed by atoms with van der Waals surface area (Å²) in [7, 11) is -3.51. The van der Waals surface area contributed by atoms with E-state index < -0.39 is 15.1 Å². The highest BCUT2D eigenvalue weighted by Gasteiger charge is 2.32. The van der Waals surface area contributed by atoms with Gasteiger partial charge < -0.3 is 10.2 Å². The number of nitriles is 1. The average molecular weight is 448 g/mol. The predicted molar refractivity (Wildman–Crippen MR) is 119 cm³/mol. The van der Waals surface area contributed by atoms with E-state index in [0.717, 1.165) is 11.1 Å². The van der Waals surface area contributed by atoms with Crippen LogP contribution in [0, 0.1) is 11.3 Å². The van der Waals surface area contributed by atoms with Crippen molar-refractivity contribution >= 4 is 21.6 Å². The van der Waals surface area contributed by atoms with Gasteiger partial charge in [-0.05, 0) is 42.7 Å². The molecule has 0 aliphatic carbocycles. The molecular formula is C23H21N5O3S. The lowest BCUT2D eigenvalue weighted by Crippen LogP contribution is -2.44. The predicted octanol–water partition coefficient (Wildman–Crippen LogP) is 3.49. The number of rotatable bonds is 4. The van der Waals surface area contributed by atoms with Crippen molar-refractivity contribution < 1.29 is 13.2 Å². The number of hydrogen-bond donors (Lipinski definition) is 1. The third kappa shape index (κ3) is 4.45. The van der Waals surface area contributed by atoms with Gasteiger partial charge in [-0.1, -0.05) is 24.3 Å². The summed E-state index contributed by atoms with van der Waals surface area (Å²) >= 11 is 0. The fourth-order valence-electron chi connectivity index (χ4n) is 3.73.